The Balaban J connectivity index is 2.65. The molecule has 1 rings (SSSR count). The largest absolute Gasteiger partial charge is 0.396 e. The number of carbonyl (C=O) groups is 1. The van der Waals surface area contributed by atoms with E-state index in [4.69, 9.17) is 5.11 Å². The second kappa shape index (κ2) is 7.09. The smallest absolute Gasteiger partial charge is 0.321 e. The third-order valence-corrected chi connectivity index (χ3v) is 2.47. The van der Waals surface area contributed by atoms with Crippen LogP contribution in [-0.2, 0) is 0 Å². The van der Waals surface area contributed by atoms with Gasteiger partial charge < -0.3 is 15.3 Å². The van der Waals surface area contributed by atoms with Crippen LogP contribution in [0.15, 0.2) is 24.5 Å². The van der Waals surface area contributed by atoms with Crippen molar-refractivity contribution in [3.05, 3.63) is 24.5 Å². The number of aromatic nitrogens is 1. The number of pyridine rings is 1. The number of nitrogens with one attached hydrogen (secondary N) is 1. The number of aliphatic hydroxyl groups excluding tert-OH is 1. The van der Waals surface area contributed by atoms with Crippen LogP contribution in [0.25, 0.3) is 0 Å². The van der Waals surface area contributed by atoms with Crippen LogP contribution in [0.3, 0.4) is 0 Å². The molecule has 0 atom stereocenters. The monoisotopic (exact) mass is 265 g/mol. The molecule has 5 heteroatoms. The van der Waals surface area contributed by atoms with Crippen molar-refractivity contribution < 1.29 is 9.90 Å². The zero-order chi connectivity index (χ0) is 14.3. The van der Waals surface area contributed by atoms with Gasteiger partial charge in [0.2, 0.25) is 0 Å². The van der Waals surface area contributed by atoms with Crippen LogP contribution < -0.4 is 5.32 Å². The van der Waals surface area contributed by atoms with Gasteiger partial charge in [-0.2, -0.15) is 0 Å². The number of rotatable bonds is 5. The number of carbonyl (C=O) groups excluding carboxylic acids is 1. The van der Waals surface area contributed by atoms with Gasteiger partial charge in [0, 0.05) is 37.8 Å². The molecule has 1 aromatic heterocycles. The lowest BCUT2D eigenvalue weighted by molar-refractivity contribution is 0.176. The van der Waals surface area contributed by atoms with E-state index in [0.717, 1.165) is 5.69 Å². The normalized spacial score (nSPS) is 11.2. The number of hydrogen-bond donors (Lipinski definition) is 2. The maximum Gasteiger partial charge on any atom is 0.321 e. The second-order valence-corrected chi connectivity index (χ2v) is 5.73. The third kappa shape index (κ3) is 6.20. The van der Waals surface area contributed by atoms with Crippen molar-refractivity contribution in [1.82, 2.24) is 9.88 Å². The fraction of sp³-hybridized carbons (Fsp3) is 0.571. The van der Waals surface area contributed by atoms with E-state index in [2.05, 4.69) is 31.1 Å². The SMILES string of the molecule is CC(C)(C)CN(CCCO)C(=O)Nc1ccncc1. The van der Waals surface area contributed by atoms with Crippen LogP contribution in [0, 0.1) is 5.41 Å². The molecule has 0 unspecified atom stereocenters. The molecule has 19 heavy (non-hydrogen) atoms. The highest BCUT2D eigenvalue weighted by molar-refractivity contribution is 5.89. The number of hydrogen-bond acceptors (Lipinski definition) is 3. The molecular formula is C14H23N3O2. The Morgan fingerprint density at radius 3 is 2.53 bits per heavy atom. The van der Waals surface area contributed by atoms with E-state index in [1.165, 1.54) is 0 Å². The van der Waals surface area contributed by atoms with Crippen molar-refractivity contribution in [3.8, 4) is 0 Å². The number of aliphatic hydroxyl groups is 1. The summed E-state index contributed by atoms with van der Waals surface area (Å²) in [5.41, 5.74) is 0.744. The minimum Gasteiger partial charge on any atom is -0.396 e. The Kier molecular flexibility index (Phi) is 5.76. The average molecular weight is 265 g/mol. The maximum atomic E-state index is 12.2. The minimum absolute atomic E-state index is 0.0189. The van der Waals surface area contributed by atoms with Gasteiger partial charge in [-0.25, -0.2) is 4.79 Å². The number of amides is 2. The molecule has 0 fully saturated rings. The van der Waals surface area contributed by atoms with E-state index < -0.39 is 0 Å². The van der Waals surface area contributed by atoms with Gasteiger partial charge in [0.05, 0.1) is 0 Å². The number of nitrogens with zero attached hydrogens (tertiary/aromatic N) is 2. The van der Waals surface area contributed by atoms with Crippen LogP contribution in [0.2, 0.25) is 0 Å². The lowest BCUT2D eigenvalue weighted by Gasteiger charge is -2.30. The second-order valence-electron chi connectivity index (χ2n) is 5.73. The molecule has 0 saturated carbocycles. The Bertz CT molecular complexity index is 387. The highest BCUT2D eigenvalue weighted by Gasteiger charge is 2.20. The molecule has 0 spiro atoms. The third-order valence-electron chi connectivity index (χ3n) is 2.47. The van der Waals surface area contributed by atoms with E-state index >= 15 is 0 Å². The number of anilines is 1. The van der Waals surface area contributed by atoms with E-state index in [1.54, 1.807) is 29.4 Å². The van der Waals surface area contributed by atoms with Crippen LogP contribution >= 0.6 is 0 Å². The molecule has 0 aliphatic heterocycles. The molecule has 0 aromatic carbocycles. The van der Waals surface area contributed by atoms with E-state index in [-0.39, 0.29) is 18.1 Å². The first-order chi connectivity index (χ1) is 8.92. The van der Waals surface area contributed by atoms with Gasteiger partial charge in [-0.05, 0) is 24.0 Å². The molecule has 1 heterocycles. The fourth-order valence-corrected chi connectivity index (χ4v) is 1.72. The molecule has 1 aromatic rings. The standard InChI is InChI=1S/C14H23N3O2/c1-14(2,3)11-17(9-4-10-18)13(19)16-12-5-7-15-8-6-12/h5-8,18H,4,9-11H2,1-3H3,(H,15,16,19). The molecule has 2 N–H and O–H groups in total. The van der Waals surface area contributed by atoms with E-state index in [1.807, 2.05) is 0 Å². The first-order valence-electron chi connectivity index (χ1n) is 6.49. The quantitative estimate of drug-likeness (QED) is 0.858. The van der Waals surface area contributed by atoms with Crippen LogP contribution in [0.1, 0.15) is 27.2 Å². The molecule has 2 amide bonds. The van der Waals surface area contributed by atoms with Crippen LogP contribution in [0.4, 0.5) is 10.5 Å². The summed E-state index contributed by atoms with van der Waals surface area (Å²) in [6.07, 6.45) is 3.86. The maximum absolute atomic E-state index is 12.2. The van der Waals surface area contributed by atoms with Gasteiger partial charge in [0.15, 0.2) is 0 Å². The average Bonchev–Trinajstić information content (AvgIpc) is 2.34. The molecular weight excluding hydrogens is 242 g/mol. The van der Waals surface area contributed by atoms with Crippen molar-refractivity contribution in [3.63, 3.8) is 0 Å². The van der Waals surface area contributed by atoms with Crippen molar-refractivity contribution in [1.29, 1.82) is 0 Å². The highest BCUT2D eigenvalue weighted by atomic mass is 16.3. The van der Waals surface area contributed by atoms with Gasteiger partial charge in [-0.15, -0.1) is 0 Å². The summed E-state index contributed by atoms with van der Waals surface area (Å²) in [6.45, 7) is 7.52. The predicted molar refractivity (Wildman–Crippen MR) is 76.0 cm³/mol. The fourth-order valence-electron chi connectivity index (χ4n) is 1.72. The van der Waals surface area contributed by atoms with Gasteiger partial charge in [0.1, 0.15) is 0 Å². The first-order valence-corrected chi connectivity index (χ1v) is 6.49. The van der Waals surface area contributed by atoms with E-state index in [0.29, 0.717) is 19.5 Å². The van der Waals surface area contributed by atoms with Gasteiger partial charge in [0.25, 0.3) is 0 Å². The minimum atomic E-state index is -0.144. The summed E-state index contributed by atoms with van der Waals surface area (Å²) < 4.78 is 0. The van der Waals surface area contributed by atoms with Gasteiger partial charge in [-0.3, -0.25) is 4.98 Å². The summed E-state index contributed by atoms with van der Waals surface area (Å²) >= 11 is 0. The summed E-state index contributed by atoms with van der Waals surface area (Å²) in [4.78, 5) is 17.9. The van der Waals surface area contributed by atoms with Crippen LogP contribution in [-0.4, -0.2) is 40.7 Å². The van der Waals surface area contributed by atoms with Gasteiger partial charge >= 0.3 is 6.03 Å². The van der Waals surface area contributed by atoms with Crippen molar-refractivity contribution >= 4 is 11.7 Å². The topological polar surface area (TPSA) is 65.5 Å². The predicted octanol–water partition coefficient (Wildman–Crippen LogP) is 2.34. The molecule has 0 aliphatic carbocycles. The summed E-state index contributed by atoms with van der Waals surface area (Å²) in [7, 11) is 0. The van der Waals surface area contributed by atoms with Crippen molar-refractivity contribution in [2.45, 2.75) is 27.2 Å². The molecule has 0 bridgehead atoms. The van der Waals surface area contributed by atoms with Crippen molar-refractivity contribution in [2.75, 3.05) is 25.0 Å². The molecule has 106 valence electrons. The Labute approximate surface area is 114 Å². The molecule has 0 saturated heterocycles. The van der Waals surface area contributed by atoms with Gasteiger partial charge in [-0.1, -0.05) is 20.8 Å². The summed E-state index contributed by atoms with van der Waals surface area (Å²) in [5.74, 6) is 0. The molecule has 0 aliphatic rings. The molecule has 5 nitrogen and oxygen atoms in total. The zero-order valence-electron chi connectivity index (χ0n) is 11.9. The number of urea groups is 1. The lowest BCUT2D eigenvalue weighted by Crippen LogP contribution is -2.41. The first kappa shape index (κ1) is 15.4. The Morgan fingerprint density at radius 2 is 2.00 bits per heavy atom. The molecule has 0 radical (unpaired) electrons. The Hall–Kier alpha value is -1.62. The van der Waals surface area contributed by atoms with Crippen molar-refractivity contribution in [2.24, 2.45) is 5.41 Å². The Morgan fingerprint density at radius 1 is 1.37 bits per heavy atom. The van der Waals surface area contributed by atoms with E-state index in [9.17, 15) is 4.79 Å². The summed E-state index contributed by atoms with van der Waals surface area (Å²) in [5, 5.41) is 11.8. The lowest BCUT2D eigenvalue weighted by atomic mass is 9.96. The highest BCUT2D eigenvalue weighted by Crippen LogP contribution is 2.16. The summed E-state index contributed by atoms with van der Waals surface area (Å²) in [6, 6.07) is 3.35. The van der Waals surface area contributed by atoms with Crippen LogP contribution in [0.5, 0.6) is 0 Å². The zero-order valence-corrected chi connectivity index (χ0v) is 11.9.